The van der Waals surface area contributed by atoms with Crippen molar-refractivity contribution in [2.24, 2.45) is 0 Å². The van der Waals surface area contributed by atoms with E-state index in [9.17, 15) is 9.90 Å². The molecule has 1 N–H and O–H groups in total. The predicted octanol–water partition coefficient (Wildman–Crippen LogP) is 7.12. The van der Waals surface area contributed by atoms with E-state index in [1.54, 1.807) is 39.0 Å². The van der Waals surface area contributed by atoms with Gasteiger partial charge in [-0.2, -0.15) is 0 Å². The highest BCUT2D eigenvalue weighted by atomic mass is 16.5. The van der Waals surface area contributed by atoms with Crippen LogP contribution in [0.25, 0.3) is 45.6 Å². The highest BCUT2D eigenvalue weighted by molar-refractivity contribution is 6.02. The minimum Gasteiger partial charge on any atom is -0.508 e. The molecule has 0 amide bonds. The van der Waals surface area contributed by atoms with Crippen molar-refractivity contribution in [3.63, 3.8) is 0 Å². The van der Waals surface area contributed by atoms with Crippen molar-refractivity contribution in [3.05, 3.63) is 133 Å². The molecule has 2 aromatic heterocycles. The summed E-state index contributed by atoms with van der Waals surface area (Å²) in [5.74, 6) is 0.765. The third-order valence-electron chi connectivity index (χ3n) is 7.01. The summed E-state index contributed by atoms with van der Waals surface area (Å²) in [5.41, 5.74) is 6.97. The summed E-state index contributed by atoms with van der Waals surface area (Å²) in [4.78, 5) is 21.5. The average molecular weight is 569 g/mol. The summed E-state index contributed by atoms with van der Waals surface area (Å²) in [6, 6.07) is 27.1. The quantitative estimate of drug-likeness (QED) is 0.113. The smallest absolute Gasteiger partial charge is 0.182 e. The molecule has 0 atom stereocenters. The first-order chi connectivity index (χ1) is 21.0. The molecule has 0 spiro atoms. The number of carbonyl (C=O) groups is 1. The zero-order valence-electron chi connectivity index (χ0n) is 23.6. The van der Waals surface area contributed by atoms with Crippen molar-refractivity contribution in [2.75, 3.05) is 14.2 Å². The number of para-hydroxylation sites is 4. The maximum Gasteiger partial charge on any atom is 0.182 e. The van der Waals surface area contributed by atoms with Gasteiger partial charge in [-0.05, 0) is 71.8 Å². The molecule has 0 aliphatic rings. The van der Waals surface area contributed by atoms with Gasteiger partial charge in [0.2, 0.25) is 0 Å². The Kier molecular flexibility index (Phi) is 7.56. The number of carbonyl (C=O) groups excluding carboxylic acids is 1. The van der Waals surface area contributed by atoms with Crippen LogP contribution in [0, 0.1) is 0 Å². The van der Waals surface area contributed by atoms with Gasteiger partial charge < -0.3 is 14.6 Å². The van der Waals surface area contributed by atoms with E-state index in [-0.39, 0.29) is 11.5 Å². The number of aliphatic hydroxyl groups is 1. The van der Waals surface area contributed by atoms with Crippen LogP contribution in [0.1, 0.15) is 11.1 Å². The lowest BCUT2D eigenvalue weighted by atomic mass is 10.1. The largest absolute Gasteiger partial charge is 0.508 e. The number of methoxy groups -OCH3 is 2. The lowest BCUT2D eigenvalue weighted by Crippen LogP contribution is -1.97. The van der Waals surface area contributed by atoms with Gasteiger partial charge in [0.05, 0.1) is 47.7 Å². The molecular formula is C35H28N4O4. The first-order valence-corrected chi connectivity index (χ1v) is 13.6. The molecule has 0 radical (unpaired) electrons. The number of hydrogen-bond acceptors (Lipinski definition) is 6. The maximum atomic E-state index is 12.5. The molecule has 0 fully saturated rings. The monoisotopic (exact) mass is 568 g/mol. The standard InChI is InChI=1S/C35H28N4O4/c1-42-34-19-24(13-17-32(34)38-22-36-28-7-3-5-9-30(28)38)11-15-26(40)21-27(41)16-12-25-14-18-33(35(20-25)43-2)39-23-37-29-8-4-6-10-31(29)39/h3-23,40H,1-2H3/b15-11+,16-12+,26-21-. The van der Waals surface area contributed by atoms with E-state index in [1.165, 1.54) is 18.2 Å². The van der Waals surface area contributed by atoms with E-state index in [2.05, 4.69) is 9.97 Å². The van der Waals surface area contributed by atoms with Crippen molar-refractivity contribution in [3.8, 4) is 22.9 Å². The third-order valence-corrected chi connectivity index (χ3v) is 7.01. The number of hydrogen-bond donors (Lipinski definition) is 1. The van der Waals surface area contributed by atoms with Crippen LogP contribution in [-0.4, -0.2) is 44.2 Å². The molecule has 0 saturated carbocycles. The summed E-state index contributed by atoms with van der Waals surface area (Å²) >= 11 is 0. The molecule has 8 nitrogen and oxygen atoms in total. The van der Waals surface area contributed by atoms with Gasteiger partial charge in [0.15, 0.2) is 5.78 Å². The second kappa shape index (κ2) is 11.9. The highest BCUT2D eigenvalue weighted by Gasteiger charge is 2.11. The van der Waals surface area contributed by atoms with E-state index in [1.807, 2.05) is 94.1 Å². The van der Waals surface area contributed by atoms with Crippen molar-refractivity contribution in [1.29, 1.82) is 0 Å². The summed E-state index contributed by atoms with van der Waals surface area (Å²) < 4.78 is 15.2. The van der Waals surface area contributed by atoms with Crippen LogP contribution in [0.2, 0.25) is 0 Å². The van der Waals surface area contributed by atoms with Gasteiger partial charge in [-0.3, -0.25) is 13.9 Å². The molecule has 0 bridgehead atoms. The Morgan fingerprint density at radius 3 is 1.70 bits per heavy atom. The van der Waals surface area contributed by atoms with Crippen LogP contribution in [0.4, 0.5) is 0 Å². The summed E-state index contributed by atoms with van der Waals surface area (Å²) in [7, 11) is 3.21. The third kappa shape index (κ3) is 5.67. The van der Waals surface area contributed by atoms with Crippen molar-refractivity contribution in [2.45, 2.75) is 0 Å². The Bertz CT molecular complexity index is 2050. The average Bonchev–Trinajstić information content (AvgIpc) is 3.67. The Balaban J connectivity index is 1.15. The van der Waals surface area contributed by atoms with Crippen molar-refractivity contribution >= 4 is 40.0 Å². The fraction of sp³-hybridized carbons (Fsp3) is 0.0571. The zero-order chi connectivity index (χ0) is 29.8. The van der Waals surface area contributed by atoms with Crippen LogP contribution in [0.15, 0.2) is 122 Å². The van der Waals surface area contributed by atoms with Gasteiger partial charge in [-0.1, -0.05) is 48.6 Å². The van der Waals surface area contributed by atoms with Crippen LogP contribution in [-0.2, 0) is 4.79 Å². The van der Waals surface area contributed by atoms with E-state index in [0.717, 1.165) is 44.6 Å². The molecule has 0 unspecified atom stereocenters. The zero-order valence-corrected chi connectivity index (χ0v) is 23.6. The number of benzene rings is 4. The summed E-state index contributed by atoms with van der Waals surface area (Å²) in [5, 5.41) is 10.4. The van der Waals surface area contributed by atoms with Gasteiger partial charge in [0.25, 0.3) is 0 Å². The number of rotatable bonds is 9. The maximum absolute atomic E-state index is 12.5. The molecular weight excluding hydrogens is 540 g/mol. The fourth-order valence-corrected chi connectivity index (χ4v) is 4.90. The number of aromatic nitrogens is 4. The SMILES string of the molecule is COc1cc(/C=C/C(=O)/C=C(O)/C=C/c2ccc(-n3cnc4ccccc43)c(OC)c2)ccc1-n1cnc2ccccc21. The molecule has 4 aromatic carbocycles. The van der Waals surface area contributed by atoms with Crippen LogP contribution in [0.5, 0.6) is 11.5 Å². The molecule has 2 heterocycles. The van der Waals surface area contributed by atoms with Crippen LogP contribution >= 0.6 is 0 Å². The van der Waals surface area contributed by atoms with E-state index in [4.69, 9.17) is 9.47 Å². The molecule has 0 saturated heterocycles. The van der Waals surface area contributed by atoms with Gasteiger partial charge >= 0.3 is 0 Å². The van der Waals surface area contributed by atoms with Crippen molar-refractivity contribution in [1.82, 2.24) is 19.1 Å². The van der Waals surface area contributed by atoms with Gasteiger partial charge in [0, 0.05) is 6.08 Å². The predicted molar refractivity (Wildman–Crippen MR) is 169 cm³/mol. The summed E-state index contributed by atoms with van der Waals surface area (Å²) in [6.45, 7) is 0. The number of ether oxygens (including phenoxy) is 2. The first kappa shape index (κ1) is 27.3. The second-order valence-electron chi connectivity index (χ2n) is 9.71. The fourth-order valence-electron chi connectivity index (χ4n) is 4.90. The Morgan fingerprint density at radius 2 is 1.19 bits per heavy atom. The molecule has 8 heteroatoms. The Labute approximate surface area is 248 Å². The number of imidazole rings is 2. The number of allylic oxidation sites excluding steroid dienone is 3. The van der Waals surface area contributed by atoms with E-state index < -0.39 is 0 Å². The van der Waals surface area contributed by atoms with Gasteiger partial charge in [0.1, 0.15) is 29.9 Å². The van der Waals surface area contributed by atoms with Crippen LogP contribution in [0.3, 0.4) is 0 Å². The van der Waals surface area contributed by atoms with E-state index >= 15 is 0 Å². The Morgan fingerprint density at radius 1 is 0.698 bits per heavy atom. The van der Waals surface area contributed by atoms with Gasteiger partial charge in [-0.25, -0.2) is 9.97 Å². The minimum atomic E-state index is -0.356. The normalized spacial score (nSPS) is 12.1. The van der Waals surface area contributed by atoms with Gasteiger partial charge in [-0.15, -0.1) is 0 Å². The van der Waals surface area contributed by atoms with Crippen molar-refractivity contribution < 1.29 is 19.4 Å². The molecule has 0 aliphatic heterocycles. The lowest BCUT2D eigenvalue weighted by molar-refractivity contribution is -0.110. The number of ketones is 1. The molecule has 6 aromatic rings. The molecule has 6 rings (SSSR count). The molecule has 0 aliphatic carbocycles. The van der Waals surface area contributed by atoms with Crippen LogP contribution < -0.4 is 9.47 Å². The minimum absolute atomic E-state index is 0.168. The number of aliphatic hydroxyl groups excluding tert-OH is 1. The topological polar surface area (TPSA) is 91.4 Å². The molecule has 43 heavy (non-hydrogen) atoms. The summed E-state index contributed by atoms with van der Waals surface area (Å²) in [6.07, 6.45) is 11.0. The number of fused-ring (bicyclic) bond motifs is 2. The first-order valence-electron chi connectivity index (χ1n) is 13.6. The molecule has 212 valence electrons. The lowest BCUT2D eigenvalue weighted by Gasteiger charge is -2.11. The second-order valence-corrected chi connectivity index (χ2v) is 9.71. The number of nitrogens with zero attached hydrogens (tertiary/aromatic N) is 4. The highest BCUT2D eigenvalue weighted by Crippen LogP contribution is 2.29. The van der Waals surface area contributed by atoms with E-state index in [0.29, 0.717) is 11.5 Å². The Hall–Kier alpha value is -5.89.